The molecule has 0 aliphatic rings. The van der Waals surface area contributed by atoms with Gasteiger partial charge in [0.1, 0.15) is 0 Å². The Hall–Kier alpha value is -0.900. The van der Waals surface area contributed by atoms with Crippen molar-refractivity contribution in [1.29, 1.82) is 0 Å². The molecule has 0 aliphatic carbocycles. The quantitative estimate of drug-likeness (QED) is 0.477. The van der Waals surface area contributed by atoms with E-state index in [4.69, 9.17) is 4.55 Å². The number of hydrogen-bond donors (Lipinski definition) is 1. The van der Waals surface area contributed by atoms with Gasteiger partial charge in [-0.25, -0.2) is 0 Å². The van der Waals surface area contributed by atoms with Crippen LogP contribution in [0, 0.1) is 5.41 Å². The number of hydrogen-bond acceptors (Lipinski definition) is 4. The standard InChI is InChI=1S/C8H12F4O5S/c1-4-6(2,3)5(13)17-7(9,10)8(11,12)18(14,15)16/h4H2,1-3H3,(H,14,15,16). The van der Waals surface area contributed by atoms with Gasteiger partial charge in [-0.1, -0.05) is 6.92 Å². The minimum absolute atomic E-state index is 0.000635. The van der Waals surface area contributed by atoms with Gasteiger partial charge in [-0.05, 0) is 20.3 Å². The summed E-state index contributed by atoms with van der Waals surface area (Å²) in [5.74, 6) is -1.71. The van der Waals surface area contributed by atoms with E-state index in [-0.39, 0.29) is 6.42 Å². The molecule has 18 heavy (non-hydrogen) atoms. The van der Waals surface area contributed by atoms with Crippen LogP contribution in [0.4, 0.5) is 17.6 Å². The highest BCUT2D eigenvalue weighted by Gasteiger charge is 2.70. The summed E-state index contributed by atoms with van der Waals surface area (Å²) in [5.41, 5.74) is -1.50. The van der Waals surface area contributed by atoms with E-state index < -0.39 is 32.9 Å². The Balaban J connectivity index is 5.28. The fourth-order valence-corrected chi connectivity index (χ4v) is 0.950. The highest BCUT2D eigenvalue weighted by molar-refractivity contribution is 7.86. The molecule has 1 N–H and O–H groups in total. The average molecular weight is 296 g/mol. The largest absolute Gasteiger partial charge is 0.485 e. The Morgan fingerprint density at radius 3 is 1.89 bits per heavy atom. The van der Waals surface area contributed by atoms with Crippen molar-refractivity contribution >= 4 is 16.1 Å². The van der Waals surface area contributed by atoms with Crippen LogP contribution in [0.25, 0.3) is 0 Å². The lowest BCUT2D eigenvalue weighted by molar-refractivity contribution is -0.306. The zero-order chi connectivity index (χ0) is 15.0. The van der Waals surface area contributed by atoms with Crippen molar-refractivity contribution in [1.82, 2.24) is 0 Å². The third kappa shape index (κ3) is 3.10. The van der Waals surface area contributed by atoms with Gasteiger partial charge in [-0.15, -0.1) is 0 Å². The summed E-state index contributed by atoms with van der Waals surface area (Å²) >= 11 is 0. The molecule has 0 aromatic carbocycles. The van der Waals surface area contributed by atoms with E-state index in [0.717, 1.165) is 13.8 Å². The zero-order valence-electron chi connectivity index (χ0n) is 9.71. The Morgan fingerprint density at radius 1 is 1.22 bits per heavy atom. The minimum atomic E-state index is -6.42. The van der Waals surface area contributed by atoms with Gasteiger partial charge in [0, 0.05) is 0 Å². The normalized spacial score (nSPS) is 14.4. The predicted octanol–water partition coefficient (Wildman–Crippen LogP) is 2.04. The molecule has 0 spiro atoms. The Kier molecular flexibility index (Phi) is 4.42. The number of ether oxygens (including phenoxy) is 1. The lowest BCUT2D eigenvalue weighted by atomic mass is 9.91. The van der Waals surface area contributed by atoms with E-state index >= 15 is 0 Å². The molecule has 10 heteroatoms. The molecule has 0 atom stereocenters. The molecule has 0 saturated heterocycles. The minimum Gasteiger partial charge on any atom is -0.395 e. The molecular weight excluding hydrogens is 284 g/mol. The zero-order valence-corrected chi connectivity index (χ0v) is 10.5. The van der Waals surface area contributed by atoms with Gasteiger partial charge in [0.2, 0.25) is 0 Å². The molecule has 0 aliphatic heterocycles. The first-order valence-corrected chi connectivity index (χ1v) is 6.09. The monoisotopic (exact) mass is 296 g/mol. The van der Waals surface area contributed by atoms with Gasteiger partial charge < -0.3 is 4.74 Å². The molecule has 0 amide bonds. The lowest BCUT2D eigenvalue weighted by Crippen LogP contribution is -2.51. The summed E-state index contributed by atoms with van der Waals surface area (Å²) in [6.07, 6.45) is -5.66. The number of halogens is 4. The summed E-state index contributed by atoms with van der Waals surface area (Å²) in [5, 5.41) is -5.92. The maximum absolute atomic E-state index is 12.9. The van der Waals surface area contributed by atoms with Crippen LogP contribution in [-0.2, 0) is 19.6 Å². The molecule has 0 radical (unpaired) electrons. The van der Waals surface area contributed by atoms with Crippen LogP contribution in [0.2, 0.25) is 0 Å². The number of rotatable bonds is 5. The van der Waals surface area contributed by atoms with E-state index in [1.165, 1.54) is 6.92 Å². The molecule has 5 nitrogen and oxygen atoms in total. The molecular formula is C8H12F4O5S. The number of esters is 1. The SMILES string of the molecule is CCC(C)(C)C(=O)OC(F)(F)C(F)(F)S(=O)(=O)O. The van der Waals surface area contributed by atoms with E-state index in [9.17, 15) is 30.8 Å². The summed E-state index contributed by atoms with van der Waals surface area (Å²) in [7, 11) is -6.42. The van der Waals surface area contributed by atoms with Crippen molar-refractivity contribution in [2.24, 2.45) is 5.41 Å². The first kappa shape index (κ1) is 17.1. The summed E-state index contributed by atoms with van der Waals surface area (Å²) in [6.45, 7) is 3.72. The summed E-state index contributed by atoms with van der Waals surface area (Å²) < 4.78 is 82.7. The Morgan fingerprint density at radius 2 is 1.61 bits per heavy atom. The highest BCUT2D eigenvalue weighted by Crippen LogP contribution is 2.40. The number of carbonyl (C=O) groups is 1. The van der Waals surface area contributed by atoms with Crippen molar-refractivity contribution < 1.29 is 40.1 Å². The van der Waals surface area contributed by atoms with Crippen molar-refractivity contribution in [2.75, 3.05) is 0 Å². The molecule has 0 unspecified atom stereocenters. The lowest BCUT2D eigenvalue weighted by Gasteiger charge is -2.27. The van der Waals surface area contributed by atoms with Crippen molar-refractivity contribution in [2.45, 2.75) is 38.6 Å². The number of alkyl halides is 4. The second-order valence-electron chi connectivity index (χ2n) is 4.14. The van der Waals surface area contributed by atoms with E-state index in [0.29, 0.717) is 0 Å². The second kappa shape index (κ2) is 4.65. The Bertz CT molecular complexity index is 429. The van der Waals surface area contributed by atoms with E-state index in [1.807, 2.05) is 0 Å². The molecule has 0 rings (SSSR count). The summed E-state index contributed by atoms with van der Waals surface area (Å²) in [4.78, 5) is 11.2. The maximum atomic E-state index is 12.9. The molecule has 0 heterocycles. The fourth-order valence-electron chi connectivity index (χ4n) is 0.608. The molecule has 0 fully saturated rings. The molecule has 0 aromatic heterocycles. The first-order valence-electron chi connectivity index (χ1n) is 4.65. The first-order chi connectivity index (χ1) is 7.69. The third-order valence-electron chi connectivity index (χ3n) is 2.32. The van der Waals surface area contributed by atoms with Crippen LogP contribution in [0.3, 0.4) is 0 Å². The van der Waals surface area contributed by atoms with Crippen LogP contribution in [0.15, 0.2) is 0 Å². The molecule has 0 bridgehead atoms. The van der Waals surface area contributed by atoms with Crippen LogP contribution in [0.5, 0.6) is 0 Å². The van der Waals surface area contributed by atoms with Crippen LogP contribution in [0.1, 0.15) is 27.2 Å². The van der Waals surface area contributed by atoms with E-state index in [1.54, 1.807) is 0 Å². The van der Waals surface area contributed by atoms with E-state index in [2.05, 4.69) is 4.74 Å². The van der Waals surface area contributed by atoms with Crippen LogP contribution in [-0.4, -0.2) is 30.3 Å². The van der Waals surface area contributed by atoms with Gasteiger partial charge in [-0.2, -0.15) is 26.0 Å². The van der Waals surface area contributed by atoms with Gasteiger partial charge in [0.05, 0.1) is 5.41 Å². The average Bonchev–Trinajstić information content (AvgIpc) is 2.14. The van der Waals surface area contributed by atoms with Gasteiger partial charge in [0.25, 0.3) is 0 Å². The van der Waals surface area contributed by atoms with Gasteiger partial charge >= 0.3 is 27.5 Å². The smallest absolute Gasteiger partial charge is 0.395 e. The van der Waals surface area contributed by atoms with Gasteiger partial charge in [-0.3, -0.25) is 9.35 Å². The molecule has 0 saturated carbocycles. The topological polar surface area (TPSA) is 80.7 Å². The van der Waals surface area contributed by atoms with Crippen molar-refractivity contribution in [3.8, 4) is 0 Å². The van der Waals surface area contributed by atoms with Crippen LogP contribution < -0.4 is 0 Å². The molecule has 108 valence electrons. The van der Waals surface area contributed by atoms with Crippen LogP contribution >= 0.6 is 0 Å². The maximum Gasteiger partial charge on any atom is 0.485 e. The summed E-state index contributed by atoms with van der Waals surface area (Å²) in [6, 6.07) is 0. The fraction of sp³-hybridized carbons (Fsp3) is 0.875. The second-order valence-corrected chi connectivity index (χ2v) is 5.60. The molecule has 0 aromatic rings. The highest BCUT2D eigenvalue weighted by atomic mass is 32.2. The van der Waals surface area contributed by atoms with Gasteiger partial charge in [0.15, 0.2) is 0 Å². The predicted molar refractivity (Wildman–Crippen MR) is 51.6 cm³/mol. The van der Waals surface area contributed by atoms with Crippen molar-refractivity contribution in [3.63, 3.8) is 0 Å². The third-order valence-corrected chi connectivity index (χ3v) is 3.21. The number of carbonyl (C=O) groups excluding carboxylic acids is 1. The Labute approximate surface area is 101 Å². The van der Waals surface area contributed by atoms with Crippen molar-refractivity contribution in [3.05, 3.63) is 0 Å².